The number of carboxylic acids is 2. The standard InChI is InChI=1S/C12H20N2O6/c1-8(15)13-6-4-2-3-5-10(16)14-9(12(19)20)7-11(17)18/h9H,2-7H2,1H3,(H,13,15)(H,14,16)(H,17,18)(H,19,20). The average Bonchev–Trinajstić information content (AvgIpc) is 2.31. The molecule has 0 saturated heterocycles. The Labute approximate surface area is 116 Å². The number of carboxylic acid groups (broad SMARTS) is 2. The molecule has 0 spiro atoms. The smallest absolute Gasteiger partial charge is 0.326 e. The van der Waals surface area contributed by atoms with Crippen LogP contribution in [0.2, 0.25) is 0 Å². The molecular formula is C12H20N2O6. The molecule has 2 amide bonds. The lowest BCUT2D eigenvalue weighted by Gasteiger charge is -2.12. The minimum Gasteiger partial charge on any atom is -0.481 e. The second kappa shape index (κ2) is 9.76. The molecule has 0 fully saturated rings. The molecule has 8 nitrogen and oxygen atoms in total. The van der Waals surface area contributed by atoms with Gasteiger partial charge in [-0.05, 0) is 12.8 Å². The lowest BCUT2D eigenvalue weighted by Crippen LogP contribution is -2.42. The van der Waals surface area contributed by atoms with Crippen molar-refractivity contribution in [2.24, 2.45) is 0 Å². The molecule has 114 valence electrons. The molecule has 0 aliphatic carbocycles. The fraction of sp³-hybridized carbons (Fsp3) is 0.667. The van der Waals surface area contributed by atoms with E-state index in [4.69, 9.17) is 10.2 Å². The van der Waals surface area contributed by atoms with E-state index in [1.165, 1.54) is 6.92 Å². The highest BCUT2D eigenvalue weighted by Gasteiger charge is 2.22. The van der Waals surface area contributed by atoms with Gasteiger partial charge in [0.25, 0.3) is 0 Å². The highest BCUT2D eigenvalue weighted by Crippen LogP contribution is 2.01. The van der Waals surface area contributed by atoms with E-state index < -0.39 is 30.3 Å². The second-order valence-corrected chi connectivity index (χ2v) is 4.35. The minimum atomic E-state index is -1.40. The quantitative estimate of drug-likeness (QED) is 0.409. The largest absolute Gasteiger partial charge is 0.481 e. The molecule has 0 bridgehead atoms. The number of aliphatic carboxylic acids is 2. The Morgan fingerprint density at radius 3 is 2.20 bits per heavy atom. The van der Waals surface area contributed by atoms with E-state index in [-0.39, 0.29) is 12.3 Å². The molecule has 1 unspecified atom stereocenters. The summed E-state index contributed by atoms with van der Waals surface area (Å²) < 4.78 is 0. The van der Waals surface area contributed by atoms with E-state index in [0.29, 0.717) is 19.4 Å². The van der Waals surface area contributed by atoms with Crippen LogP contribution in [0.3, 0.4) is 0 Å². The molecule has 20 heavy (non-hydrogen) atoms. The Morgan fingerprint density at radius 1 is 1.05 bits per heavy atom. The van der Waals surface area contributed by atoms with Crippen molar-refractivity contribution in [3.63, 3.8) is 0 Å². The third-order valence-electron chi connectivity index (χ3n) is 2.47. The minimum absolute atomic E-state index is 0.110. The third kappa shape index (κ3) is 9.86. The summed E-state index contributed by atoms with van der Waals surface area (Å²) in [6.45, 7) is 1.95. The van der Waals surface area contributed by atoms with E-state index >= 15 is 0 Å². The lowest BCUT2D eigenvalue weighted by molar-refractivity contribution is -0.147. The van der Waals surface area contributed by atoms with Crippen LogP contribution in [0, 0.1) is 0 Å². The predicted octanol–water partition coefficient (Wildman–Crippen LogP) is -0.273. The third-order valence-corrected chi connectivity index (χ3v) is 2.47. The van der Waals surface area contributed by atoms with Crippen molar-refractivity contribution in [1.29, 1.82) is 0 Å². The van der Waals surface area contributed by atoms with Crippen LogP contribution in [0.25, 0.3) is 0 Å². The lowest BCUT2D eigenvalue weighted by atomic mass is 10.1. The molecule has 0 aliphatic heterocycles. The molecule has 1 atom stereocenters. The SMILES string of the molecule is CC(=O)NCCCCCC(=O)NC(CC(=O)O)C(=O)O. The molecule has 4 N–H and O–H groups in total. The van der Waals surface area contributed by atoms with E-state index in [1.54, 1.807) is 0 Å². The predicted molar refractivity (Wildman–Crippen MR) is 69.0 cm³/mol. The monoisotopic (exact) mass is 288 g/mol. The highest BCUT2D eigenvalue weighted by molar-refractivity contribution is 5.86. The summed E-state index contributed by atoms with van der Waals surface area (Å²) in [6, 6.07) is -1.40. The summed E-state index contributed by atoms with van der Waals surface area (Å²) >= 11 is 0. The van der Waals surface area contributed by atoms with Crippen molar-refractivity contribution in [2.45, 2.75) is 45.1 Å². The topological polar surface area (TPSA) is 133 Å². The highest BCUT2D eigenvalue weighted by atomic mass is 16.4. The fourth-order valence-electron chi connectivity index (χ4n) is 1.49. The van der Waals surface area contributed by atoms with Gasteiger partial charge in [-0.3, -0.25) is 14.4 Å². The maximum atomic E-state index is 11.4. The molecular weight excluding hydrogens is 268 g/mol. The van der Waals surface area contributed by atoms with Crippen LogP contribution < -0.4 is 10.6 Å². The first-order chi connectivity index (χ1) is 9.32. The van der Waals surface area contributed by atoms with Crippen LogP contribution in [0.1, 0.15) is 39.0 Å². The van der Waals surface area contributed by atoms with Crippen molar-refractivity contribution in [2.75, 3.05) is 6.54 Å². The Morgan fingerprint density at radius 2 is 1.70 bits per heavy atom. The average molecular weight is 288 g/mol. The zero-order valence-corrected chi connectivity index (χ0v) is 11.3. The summed E-state index contributed by atoms with van der Waals surface area (Å²) in [4.78, 5) is 43.2. The maximum Gasteiger partial charge on any atom is 0.326 e. The Balaban J connectivity index is 3.82. The molecule has 0 aromatic heterocycles. The maximum absolute atomic E-state index is 11.4. The summed E-state index contributed by atoms with van der Waals surface area (Å²) in [6.07, 6.45) is 1.46. The normalized spacial score (nSPS) is 11.4. The summed E-state index contributed by atoms with van der Waals surface area (Å²) in [7, 11) is 0. The number of amides is 2. The van der Waals surface area contributed by atoms with E-state index in [2.05, 4.69) is 10.6 Å². The molecule has 0 aromatic carbocycles. The molecule has 0 aromatic rings. The number of carbonyl (C=O) groups is 4. The van der Waals surface area contributed by atoms with Gasteiger partial charge >= 0.3 is 11.9 Å². The van der Waals surface area contributed by atoms with E-state index in [0.717, 1.165) is 6.42 Å². The first kappa shape index (κ1) is 17.9. The second-order valence-electron chi connectivity index (χ2n) is 4.35. The van der Waals surface area contributed by atoms with Crippen molar-refractivity contribution in [1.82, 2.24) is 10.6 Å². The van der Waals surface area contributed by atoms with Crippen molar-refractivity contribution in [3.05, 3.63) is 0 Å². The van der Waals surface area contributed by atoms with Gasteiger partial charge in [-0.15, -0.1) is 0 Å². The van der Waals surface area contributed by atoms with Crippen molar-refractivity contribution in [3.8, 4) is 0 Å². The van der Waals surface area contributed by atoms with Gasteiger partial charge in [0, 0.05) is 19.9 Å². The first-order valence-electron chi connectivity index (χ1n) is 6.31. The Kier molecular flexibility index (Phi) is 8.73. The number of rotatable bonds is 10. The van der Waals surface area contributed by atoms with Crippen molar-refractivity contribution >= 4 is 23.8 Å². The zero-order valence-electron chi connectivity index (χ0n) is 11.3. The number of unbranched alkanes of at least 4 members (excludes halogenated alkanes) is 2. The molecule has 0 heterocycles. The van der Waals surface area contributed by atoms with Crippen LogP contribution in [0.4, 0.5) is 0 Å². The van der Waals surface area contributed by atoms with Gasteiger partial charge in [0.1, 0.15) is 6.04 Å². The molecule has 0 radical (unpaired) electrons. The van der Waals surface area contributed by atoms with Crippen LogP contribution >= 0.6 is 0 Å². The fourth-order valence-corrected chi connectivity index (χ4v) is 1.49. The number of carbonyl (C=O) groups excluding carboxylic acids is 2. The van der Waals surface area contributed by atoms with Gasteiger partial charge in [0.05, 0.1) is 6.42 Å². The summed E-state index contributed by atoms with van der Waals surface area (Å²) in [5.74, 6) is -3.25. The van der Waals surface area contributed by atoms with Crippen LogP contribution in [0.5, 0.6) is 0 Å². The van der Waals surface area contributed by atoms with Crippen LogP contribution in [0.15, 0.2) is 0 Å². The zero-order chi connectivity index (χ0) is 15.5. The van der Waals surface area contributed by atoms with Gasteiger partial charge in [0.15, 0.2) is 0 Å². The van der Waals surface area contributed by atoms with Gasteiger partial charge < -0.3 is 20.8 Å². The van der Waals surface area contributed by atoms with E-state index in [9.17, 15) is 19.2 Å². The molecule has 0 aliphatic rings. The van der Waals surface area contributed by atoms with Gasteiger partial charge in [0.2, 0.25) is 11.8 Å². The molecule has 0 rings (SSSR count). The molecule has 8 heteroatoms. The number of nitrogens with one attached hydrogen (secondary N) is 2. The van der Waals surface area contributed by atoms with Crippen LogP contribution in [-0.2, 0) is 19.2 Å². The van der Waals surface area contributed by atoms with Crippen molar-refractivity contribution < 1.29 is 29.4 Å². The number of hydrogen-bond acceptors (Lipinski definition) is 4. The summed E-state index contributed by atoms with van der Waals surface area (Å²) in [5.41, 5.74) is 0. The Hall–Kier alpha value is -2.12. The van der Waals surface area contributed by atoms with Gasteiger partial charge in [-0.1, -0.05) is 6.42 Å². The Bertz CT molecular complexity index is 369. The molecule has 0 saturated carbocycles. The van der Waals surface area contributed by atoms with Gasteiger partial charge in [-0.2, -0.15) is 0 Å². The van der Waals surface area contributed by atoms with E-state index in [1.807, 2.05) is 0 Å². The van der Waals surface area contributed by atoms with Gasteiger partial charge in [-0.25, -0.2) is 4.79 Å². The first-order valence-corrected chi connectivity index (χ1v) is 6.31. The summed E-state index contributed by atoms with van der Waals surface area (Å²) in [5, 5.41) is 22.0. The number of hydrogen-bond donors (Lipinski definition) is 4. The van der Waals surface area contributed by atoms with Crippen LogP contribution in [-0.4, -0.2) is 46.6 Å².